The van der Waals surface area contributed by atoms with Crippen molar-refractivity contribution in [3.8, 4) is 5.75 Å². The number of aliphatic hydroxyl groups excluding tert-OH is 1. The number of allylic oxidation sites excluding steroid dienone is 4. The molecule has 2 aromatic carbocycles. The van der Waals surface area contributed by atoms with Crippen LogP contribution in [-0.4, -0.2) is 27.4 Å². The van der Waals surface area contributed by atoms with E-state index in [4.69, 9.17) is 0 Å². The molecule has 0 amide bonds. The molecule has 0 saturated heterocycles. The fraction of sp³-hybridized carbons (Fsp3) is 0.575. The van der Waals surface area contributed by atoms with Gasteiger partial charge in [-0.1, -0.05) is 85.9 Å². The summed E-state index contributed by atoms with van der Waals surface area (Å²) in [6.07, 6.45) is 24.1. The summed E-state index contributed by atoms with van der Waals surface area (Å²) in [5, 5.41) is 31.7. The summed E-state index contributed by atoms with van der Waals surface area (Å²) >= 11 is 0. The molecule has 4 bridgehead atoms. The number of hydrogen-bond donors (Lipinski definition) is 3. The number of aromatic hydroxyl groups is 1. The standard InChI is InChI=1S/C40H52O4/c41-35-19-17-32(18-20-35)39-24-22-30(25-33(39)13-4-2-1-3-9-29-10-5-6-11-29)16-21-37(38(43)44)40(23-8-15-36(42)28-40)34-14-7-12-31(26-34)27-39/h5,7,10,12,14,16-20,26,29,33,36-37,41-42H,1-4,6,8-9,11,13,15,21-25,27-28H2,(H,43,44)/b30-16+/t29-,33+,36+,37+,39-,40+/m1/s1. The van der Waals surface area contributed by atoms with Crippen LogP contribution in [0.25, 0.3) is 0 Å². The maximum absolute atomic E-state index is 13.0. The van der Waals surface area contributed by atoms with Gasteiger partial charge in [-0.05, 0) is 124 Å². The van der Waals surface area contributed by atoms with Crippen LogP contribution in [0.2, 0.25) is 0 Å². The van der Waals surface area contributed by atoms with Crippen LogP contribution >= 0.6 is 0 Å². The van der Waals surface area contributed by atoms with Crippen molar-refractivity contribution in [1.82, 2.24) is 0 Å². The van der Waals surface area contributed by atoms with Crippen molar-refractivity contribution in [2.45, 2.75) is 126 Å². The van der Waals surface area contributed by atoms with Crippen molar-refractivity contribution in [3.05, 3.63) is 89.0 Å². The van der Waals surface area contributed by atoms with Crippen LogP contribution in [0.4, 0.5) is 0 Å². The van der Waals surface area contributed by atoms with Gasteiger partial charge in [0.15, 0.2) is 0 Å². The number of fused-ring (bicyclic) bond motifs is 4. The van der Waals surface area contributed by atoms with Gasteiger partial charge in [0.1, 0.15) is 5.75 Å². The number of aliphatic carboxylic acids is 1. The van der Waals surface area contributed by atoms with Gasteiger partial charge in [0.2, 0.25) is 0 Å². The van der Waals surface area contributed by atoms with E-state index in [9.17, 15) is 20.1 Å². The predicted molar refractivity (Wildman–Crippen MR) is 177 cm³/mol. The molecule has 0 aromatic heterocycles. The molecule has 236 valence electrons. The number of carbonyl (C=O) groups is 1. The van der Waals surface area contributed by atoms with Gasteiger partial charge in [0.05, 0.1) is 12.0 Å². The second-order valence-corrected chi connectivity index (χ2v) is 14.6. The van der Waals surface area contributed by atoms with Gasteiger partial charge in [-0.2, -0.15) is 0 Å². The molecule has 44 heavy (non-hydrogen) atoms. The molecule has 3 N–H and O–H groups in total. The third-order valence-corrected chi connectivity index (χ3v) is 12.0. The average Bonchev–Trinajstić information content (AvgIpc) is 3.54. The maximum Gasteiger partial charge on any atom is 0.307 e. The largest absolute Gasteiger partial charge is 0.508 e. The molecule has 1 spiro atoms. The van der Waals surface area contributed by atoms with E-state index in [1.54, 1.807) is 0 Å². The predicted octanol–water partition coefficient (Wildman–Crippen LogP) is 9.18. The van der Waals surface area contributed by atoms with E-state index in [-0.39, 0.29) is 5.41 Å². The molecule has 7 rings (SSSR count). The van der Waals surface area contributed by atoms with Gasteiger partial charge in [-0.3, -0.25) is 4.79 Å². The number of carboxylic acid groups (broad SMARTS) is 1. The molecule has 6 atom stereocenters. The van der Waals surface area contributed by atoms with Gasteiger partial charge >= 0.3 is 5.97 Å². The van der Waals surface area contributed by atoms with Crippen molar-refractivity contribution in [1.29, 1.82) is 0 Å². The van der Waals surface area contributed by atoms with Gasteiger partial charge in [0.25, 0.3) is 0 Å². The zero-order chi connectivity index (χ0) is 30.6. The van der Waals surface area contributed by atoms with Gasteiger partial charge in [0, 0.05) is 10.8 Å². The van der Waals surface area contributed by atoms with Crippen molar-refractivity contribution in [2.24, 2.45) is 17.8 Å². The number of unbranched alkanes of at least 4 members (excludes halogenated alkanes) is 3. The molecule has 5 aliphatic rings. The summed E-state index contributed by atoms with van der Waals surface area (Å²) in [7, 11) is 0. The van der Waals surface area contributed by atoms with E-state index in [0.29, 0.717) is 24.5 Å². The van der Waals surface area contributed by atoms with Crippen LogP contribution in [0.15, 0.2) is 72.3 Å². The number of rotatable bonds is 9. The zero-order valence-corrected chi connectivity index (χ0v) is 26.4. The minimum atomic E-state index is -0.739. The molecule has 0 aliphatic heterocycles. The smallest absolute Gasteiger partial charge is 0.307 e. The highest BCUT2D eigenvalue weighted by Crippen LogP contribution is 2.53. The first-order chi connectivity index (χ1) is 21.4. The summed E-state index contributed by atoms with van der Waals surface area (Å²) in [4.78, 5) is 13.0. The first kappa shape index (κ1) is 31.1. The highest BCUT2D eigenvalue weighted by Gasteiger charge is 2.48. The molecule has 0 unspecified atom stereocenters. The number of phenols is 1. The highest BCUT2D eigenvalue weighted by molar-refractivity contribution is 5.73. The van der Waals surface area contributed by atoms with Gasteiger partial charge < -0.3 is 15.3 Å². The van der Waals surface area contributed by atoms with Crippen LogP contribution in [0.5, 0.6) is 5.75 Å². The summed E-state index contributed by atoms with van der Waals surface area (Å²) in [6.45, 7) is 0. The quantitative estimate of drug-likeness (QED) is 0.199. The van der Waals surface area contributed by atoms with Crippen LogP contribution < -0.4 is 0 Å². The van der Waals surface area contributed by atoms with Gasteiger partial charge in [-0.25, -0.2) is 0 Å². The van der Waals surface area contributed by atoms with Crippen LogP contribution in [0, 0.1) is 17.8 Å². The van der Waals surface area contributed by atoms with Crippen molar-refractivity contribution in [2.75, 3.05) is 0 Å². The molecule has 4 nitrogen and oxygen atoms in total. The molecular formula is C40H52O4. The summed E-state index contributed by atoms with van der Waals surface area (Å²) in [6, 6.07) is 16.8. The molecule has 2 saturated carbocycles. The topological polar surface area (TPSA) is 77.8 Å². The van der Waals surface area contributed by atoms with Crippen LogP contribution in [0.3, 0.4) is 0 Å². The van der Waals surface area contributed by atoms with E-state index in [0.717, 1.165) is 56.4 Å². The SMILES string of the molecule is O=C(O)[C@@H]1C/C=C2\CC[C@](c3ccc(O)cc3)(Cc3cccc(c3)[C@@]13CCC[C@H](O)C3)[C@@H](CCCCCC[C@@H]1C=CCC1)C2. The highest BCUT2D eigenvalue weighted by atomic mass is 16.4. The fourth-order valence-corrected chi connectivity index (χ4v) is 9.62. The Hall–Kier alpha value is -2.85. The molecule has 0 radical (unpaired) electrons. The first-order valence-electron chi connectivity index (χ1n) is 17.5. The van der Waals surface area contributed by atoms with E-state index in [2.05, 4.69) is 54.6 Å². The fourth-order valence-electron chi connectivity index (χ4n) is 9.62. The molecule has 5 aliphatic carbocycles. The summed E-state index contributed by atoms with van der Waals surface area (Å²) in [5.74, 6) is 0.279. The molecule has 4 heteroatoms. The minimum absolute atomic E-state index is 0.0387. The Morgan fingerprint density at radius 2 is 1.73 bits per heavy atom. The number of carboxylic acids is 1. The Morgan fingerprint density at radius 3 is 2.48 bits per heavy atom. The monoisotopic (exact) mass is 596 g/mol. The molecule has 2 aromatic rings. The third kappa shape index (κ3) is 6.57. The maximum atomic E-state index is 13.0. The number of hydrogen-bond acceptors (Lipinski definition) is 3. The second kappa shape index (κ2) is 13.6. The second-order valence-electron chi connectivity index (χ2n) is 14.6. The number of benzene rings is 2. The van der Waals surface area contributed by atoms with Crippen molar-refractivity contribution in [3.63, 3.8) is 0 Å². The van der Waals surface area contributed by atoms with E-state index < -0.39 is 23.4 Å². The van der Waals surface area contributed by atoms with E-state index >= 15 is 0 Å². The lowest BCUT2D eigenvalue weighted by Gasteiger charge is -2.48. The van der Waals surface area contributed by atoms with E-state index in [1.807, 2.05) is 12.1 Å². The van der Waals surface area contributed by atoms with Crippen LogP contribution in [-0.2, 0) is 22.0 Å². The lowest BCUT2D eigenvalue weighted by atomic mass is 9.56. The van der Waals surface area contributed by atoms with Crippen molar-refractivity contribution < 1.29 is 20.1 Å². The first-order valence-corrected chi connectivity index (χ1v) is 17.5. The Balaban J connectivity index is 1.33. The summed E-state index contributed by atoms with van der Waals surface area (Å²) in [5.41, 5.74) is 4.49. The van der Waals surface area contributed by atoms with Crippen molar-refractivity contribution >= 4 is 5.97 Å². The lowest BCUT2D eigenvalue weighted by Crippen LogP contribution is -2.45. The average molecular weight is 597 g/mol. The Labute approximate surface area is 264 Å². The third-order valence-electron chi connectivity index (χ3n) is 12.0. The minimum Gasteiger partial charge on any atom is -0.508 e. The van der Waals surface area contributed by atoms with E-state index in [1.165, 1.54) is 68.1 Å². The molecular weight excluding hydrogens is 544 g/mol. The Morgan fingerprint density at radius 1 is 0.909 bits per heavy atom. The zero-order valence-electron chi connectivity index (χ0n) is 26.4. The lowest BCUT2D eigenvalue weighted by molar-refractivity contribution is -0.145. The number of phenolic OH excluding ortho intramolecular Hbond substituents is 1. The normalized spacial score (nSPS) is 33.0. The Kier molecular flexibility index (Phi) is 9.66. The molecule has 0 heterocycles. The Bertz CT molecular complexity index is 1340. The number of aliphatic hydroxyl groups is 1. The summed E-state index contributed by atoms with van der Waals surface area (Å²) < 4.78 is 0. The van der Waals surface area contributed by atoms with Gasteiger partial charge in [-0.15, -0.1) is 0 Å². The van der Waals surface area contributed by atoms with Crippen LogP contribution in [0.1, 0.15) is 119 Å². The molecule has 2 fully saturated rings.